The molecular formula is C22H19F2N3O3. The molecule has 0 bridgehead atoms. The molecular weight excluding hydrogens is 392 g/mol. The predicted molar refractivity (Wildman–Crippen MR) is 105 cm³/mol. The van der Waals surface area contributed by atoms with Gasteiger partial charge >= 0.3 is 6.11 Å². The van der Waals surface area contributed by atoms with Crippen LogP contribution in [0.3, 0.4) is 0 Å². The topological polar surface area (TPSA) is 64.6 Å². The van der Waals surface area contributed by atoms with Gasteiger partial charge in [-0.1, -0.05) is 18.2 Å². The molecule has 0 aliphatic carbocycles. The van der Waals surface area contributed by atoms with Crippen LogP contribution in [0, 0.1) is 0 Å². The summed E-state index contributed by atoms with van der Waals surface area (Å²) in [6.07, 6.45) is -4.82. The molecule has 0 unspecified atom stereocenters. The number of benzene rings is 2. The van der Waals surface area contributed by atoms with Gasteiger partial charge < -0.3 is 14.4 Å². The zero-order valence-corrected chi connectivity index (χ0v) is 15.6. The molecule has 0 saturated carbocycles. The summed E-state index contributed by atoms with van der Waals surface area (Å²) >= 11 is 0. The van der Waals surface area contributed by atoms with Crippen molar-refractivity contribution in [2.45, 2.75) is 19.5 Å². The molecule has 1 aliphatic heterocycles. The lowest BCUT2D eigenvalue weighted by molar-refractivity contribution is -0.158. The van der Waals surface area contributed by atoms with E-state index in [2.05, 4.69) is 14.7 Å². The molecule has 4 rings (SSSR count). The lowest BCUT2D eigenvalue weighted by Gasteiger charge is -2.19. The van der Waals surface area contributed by atoms with Crippen LogP contribution in [0.1, 0.15) is 32.7 Å². The quantitative estimate of drug-likeness (QED) is 0.622. The number of carbonyl (C=O) groups excluding carboxylic acids is 1. The van der Waals surface area contributed by atoms with E-state index in [1.54, 1.807) is 0 Å². The Bertz CT molecular complexity index is 1350. The highest BCUT2D eigenvalue weighted by atomic mass is 19.3. The van der Waals surface area contributed by atoms with E-state index in [4.69, 9.17) is 14.3 Å². The van der Waals surface area contributed by atoms with Gasteiger partial charge in [0, 0.05) is 19.3 Å². The summed E-state index contributed by atoms with van der Waals surface area (Å²) in [4.78, 5) is 21.2. The molecule has 0 spiro atoms. The van der Waals surface area contributed by atoms with Crippen LogP contribution < -0.4 is 9.47 Å². The first-order chi connectivity index (χ1) is 17.1. The number of nitrogens with zero attached hydrogens (tertiary/aromatic N) is 3. The fourth-order valence-corrected chi connectivity index (χ4v) is 2.75. The average Bonchev–Trinajstić information content (AvgIpc) is 2.89. The number of halogens is 2. The summed E-state index contributed by atoms with van der Waals surface area (Å²) in [5.41, 5.74) is 0.721. The first kappa shape index (κ1) is 12.9. The zero-order valence-electron chi connectivity index (χ0n) is 22.6. The maximum atomic E-state index is 13.5. The Morgan fingerprint density at radius 1 is 1.23 bits per heavy atom. The van der Waals surface area contributed by atoms with Crippen LogP contribution in [-0.2, 0) is 6.50 Å². The lowest BCUT2D eigenvalue weighted by atomic mass is 10.0. The number of carbonyl (C=O) groups is 1. The molecule has 1 amide bonds. The van der Waals surface area contributed by atoms with Gasteiger partial charge in [-0.3, -0.25) is 4.79 Å². The number of hydrogen-bond acceptors (Lipinski definition) is 5. The zero-order chi connectivity index (χ0) is 27.3. The van der Waals surface area contributed by atoms with Crippen molar-refractivity contribution in [3.63, 3.8) is 0 Å². The van der Waals surface area contributed by atoms with E-state index < -0.39 is 55.8 Å². The van der Waals surface area contributed by atoms with Gasteiger partial charge in [0.25, 0.3) is 5.91 Å². The van der Waals surface area contributed by atoms with Gasteiger partial charge in [-0.25, -0.2) is 9.97 Å². The minimum atomic E-state index is -3.37. The third kappa shape index (κ3) is 4.53. The Kier molecular flexibility index (Phi) is 3.46. The highest BCUT2D eigenvalue weighted by Gasteiger charge is 2.25. The molecule has 1 aliphatic rings. The highest BCUT2D eigenvalue weighted by molar-refractivity contribution is 5.98. The molecule has 0 atom stereocenters. The van der Waals surface area contributed by atoms with Crippen molar-refractivity contribution in [1.82, 2.24) is 14.9 Å². The maximum absolute atomic E-state index is 13.5. The third-order valence-corrected chi connectivity index (χ3v) is 4.01. The summed E-state index contributed by atoms with van der Waals surface area (Å²) in [6.45, 7) is -5.70. The van der Waals surface area contributed by atoms with Gasteiger partial charge in [0.15, 0.2) is 0 Å². The Morgan fingerprint density at radius 3 is 2.63 bits per heavy atom. The first-order valence-electron chi connectivity index (χ1n) is 12.2. The van der Waals surface area contributed by atoms with Crippen molar-refractivity contribution in [1.29, 1.82) is 0 Å². The van der Waals surface area contributed by atoms with Crippen molar-refractivity contribution in [3.05, 3.63) is 72.2 Å². The molecule has 30 heavy (non-hydrogen) atoms. The maximum Gasteiger partial charge on any atom is 0.394 e. The van der Waals surface area contributed by atoms with Gasteiger partial charge in [-0.05, 0) is 41.4 Å². The van der Waals surface area contributed by atoms with Crippen LogP contribution in [0.4, 0.5) is 8.78 Å². The normalized spacial score (nSPS) is 19.5. The summed E-state index contributed by atoms with van der Waals surface area (Å²) in [5, 5.41) is 0. The van der Waals surface area contributed by atoms with E-state index in [9.17, 15) is 13.6 Å². The smallest absolute Gasteiger partial charge is 0.394 e. The van der Waals surface area contributed by atoms with E-state index >= 15 is 0 Å². The SMILES string of the molecule is [2H]c1nc(C([2H])([2H])N2CC([2H])([2H])Oc3ccc(-c4ccc(OC(C)(F)F)cc4)cc3C2=O)nc([2H])c1[2H]. The molecule has 0 N–H and O–H groups in total. The van der Waals surface area contributed by atoms with Gasteiger partial charge in [0.1, 0.15) is 23.9 Å². The molecule has 3 aromatic rings. The van der Waals surface area contributed by atoms with Crippen LogP contribution in [-0.4, -0.2) is 40.0 Å². The van der Waals surface area contributed by atoms with E-state index in [0.717, 1.165) is 0 Å². The fourth-order valence-electron chi connectivity index (χ4n) is 2.75. The number of aromatic nitrogens is 2. The van der Waals surface area contributed by atoms with Crippen LogP contribution >= 0.6 is 0 Å². The Hall–Kier alpha value is -3.55. The molecule has 6 nitrogen and oxygen atoms in total. The van der Waals surface area contributed by atoms with E-state index in [1.807, 2.05) is 0 Å². The molecule has 0 saturated heterocycles. The lowest BCUT2D eigenvalue weighted by Crippen LogP contribution is -2.32. The van der Waals surface area contributed by atoms with E-state index in [-0.39, 0.29) is 17.1 Å². The minimum absolute atomic E-state index is 0.0841. The molecule has 2 aromatic carbocycles. The Morgan fingerprint density at radius 2 is 1.93 bits per heavy atom. The number of alkyl halides is 2. The van der Waals surface area contributed by atoms with Crippen LogP contribution in [0.2, 0.25) is 0 Å². The molecule has 154 valence electrons. The third-order valence-electron chi connectivity index (χ3n) is 4.01. The largest absolute Gasteiger partial charge is 0.491 e. The Balaban J connectivity index is 1.75. The number of amides is 1. The molecule has 2 heterocycles. The molecule has 1 aromatic heterocycles. The summed E-state index contributed by atoms with van der Waals surface area (Å²) in [7, 11) is 0. The van der Waals surface area contributed by atoms with Crippen molar-refractivity contribution in [2.24, 2.45) is 0 Å². The monoisotopic (exact) mass is 418 g/mol. The van der Waals surface area contributed by atoms with E-state index in [0.29, 0.717) is 23.0 Å². The predicted octanol–water partition coefficient (Wildman–Crippen LogP) is 4.17. The number of ether oxygens (including phenoxy) is 2. The van der Waals surface area contributed by atoms with Crippen molar-refractivity contribution < 1.29 is 32.6 Å². The fraction of sp³-hybridized carbons (Fsp3) is 0.227. The molecule has 8 heteroatoms. The summed E-state index contributed by atoms with van der Waals surface area (Å²) < 4.78 is 92.3. The van der Waals surface area contributed by atoms with Gasteiger partial charge in [-0.15, -0.1) is 0 Å². The standard InChI is InChI=1S/C22H19F2N3O3/c1-22(23,24)30-17-6-3-15(4-7-17)16-5-8-19-18(13-16)21(28)27(11-12-29-19)14-20-25-9-2-10-26-20/h2-10,13H,11-12,14H2,1H3/i2D,9D,10D,12D2,14D2. The average molecular weight is 418 g/mol. The summed E-state index contributed by atoms with van der Waals surface area (Å²) in [5.74, 6) is -1.98. The van der Waals surface area contributed by atoms with Crippen molar-refractivity contribution in [2.75, 3.05) is 13.1 Å². The van der Waals surface area contributed by atoms with E-state index in [1.165, 1.54) is 42.5 Å². The second-order valence-corrected chi connectivity index (χ2v) is 6.29. The first-order valence-corrected chi connectivity index (χ1v) is 8.72. The summed E-state index contributed by atoms with van der Waals surface area (Å²) in [6, 6.07) is 9.13. The second-order valence-electron chi connectivity index (χ2n) is 6.29. The highest BCUT2D eigenvalue weighted by Crippen LogP contribution is 2.31. The second kappa shape index (κ2) is 8.06. The van der Waals surface area contributed by atoms with Gasteiger partial charge in [0.05, 0.1) is 28.2 Å². The number of hydrogen-bond donors (Lipinski definition) is 0. The van der Waals surface area contributed by atoms with Crippen LogP contribution in [0.5, 0.6) is 11.5 Å². The molecule has 0 radical (unpaired) electrons. The van der Waals surface area contributed by atoms with Crippen molar-refractivity contribution >= 4 is 5.91 Å². The van der Waals surface area contributed by atoms with Crippen LogP contribution in [0.25, 0.3) is 11.1 Å². The molecule has 0 fully saturated rings. The minimum Gasteiger partial charge on any atom is -0.491 e. The number of fused-ring (bicyclic) bond motifs is 1. The van der Waals surface area contributed by atoms with Gasteiger partial charge in [-0.2, -0.15) is 8.78 Å². The number of rotatable bonds is 5. The van der Waals surface area contributed by atoms with Gasteiger partial charge in [0.2, 0.25) is 0 Å². The van der Waals surface area contributed by atoms with Crippen LogP contribution in [0.15, 0.2) is 60.9 Å². The Labute approximate surface area is 181 Å². The van der Waals surface area contributed by atoms with Crippen molar-refractivity contribution in [3.8, 4) is 22.6 Å².